The second-order valence-electron chi connectivity index (χ2n) is 4.51. The average molecular weight is 243 g/mol. The number of hydrogen-bond donors (Lipinski definition) is 2. The number of nitrogens with two attached hydrogens (primary N) is 1. The largest absolute Gasteiger partial charge is 0.359 e. The van der Waals surface area contributed by atoms with E-state index in [1.54, 1.807) is 7.05 Å². The fourth-order valence-corrected chi connectivity index (χ4v) is 1.88. The molecule has 3 N–H and O–H groups in total. The van der Waals surface area contributed by atoms with Crippen molar-refractivity contribution in [1.82, 2.24) is 10.2 Å². The Hall–Kier alpha value is -0.610. The summed E-state index contributed by atoms with van der Waals surface area (Å²) in [6, 6.07) is 0.188. The number of nitrogens with one attached hydrogen (secondary N) is 1. The first kappa shape index (κ1) is 16.4. The fraction of sp³-hybridized carbons (Fsp3) is 0.923. The molecule has 0 fully saturated rings. The van der Waals surface area contributed by atoms with Crippen LogP contribution in [0.25, 0.3) is 0 Å². The zero-order valence-electron chi connectivity index (χ0n) is 11.7. The van der Waals surface area contributed by atoms with Gasteiger partial charge in [0.15, 0.2) is 0 Å². The Morgan fingerprint density at radius 1 is 1.24 bits per heavy atom. The van der Waals surface area contributed by atoms with Gasteiger partial charge in [0.1, 0.15) is 0 Å². The van der Waals surface area contributed by atoms with E-state index in [-0.39, 0.29) is 11.9 Å². The molecule has 0 bridgehead atoms. The van der Waals surface area contributed by atoms with E-state index >= 15 is 0 Å². The monoisotopic (exact) mass is 243 g/mol. The van der Waals surface area contributed by atoms with Gasteiger partial charge in [0, 0.05) is 26.1 Å². The maximum absolute atomic E-state index is 11.4. The number of carbonyl (C=O) groups is 1. The van der Waals surface area contributed by atoms with Crippen molar-refractivity contribution in [2.75, 3.05) is 26.7 Å². The predicted molar refractivity (Wildman–Crippen MR) is 72.9 cm³/mol. The molecule has 0 heterocycles. The zero-order valence-corrected chi connectivity index (χ0v) is 11.7. The maximum Gasteiger partial charge on any atom is 0.221 e. The van der Waals surface area contributed by atoms with Gasteiger partial charge in [0.2, 0.25) is 5.91 Å². The molecule has 1 amide bonds. The Morgan fingerprint density at radius 2 is 1.76 bits per heavy atom. The van der Waals surface area contributed by atoms with E-state index < -0.39 is 0 Å². The van der Waals surface area contributed by atoms with Crippen LogP contribution in [-0.2, 0) is 4.79 Å². The summed E-state index contributed by atoms with van der Waals surface area (Å²) in [5, 5.41) is 2.68. The lowest BCUT2D eigenvalue weighted by Gasteiger charge is -2.30. The minimum atomic E-state index is 0.0819. The van der Waals surface area contributed by atoms with Crippen molar-refractivity contribution < 1.29 is 4.79 Å². The Morgan fingerprint density at radius 3 is 2.12 bits per heavy atom. The van der Waals surface area contributed by atoms with E-state index in [9.17, 15) is 4.79 Å². The van der Waals surface area contributed by atoms with E-state index in [2.05, 4.69) is 24.1 Å². The van der Waals surface area contributed by atoms with Gasteiger partial charge in [0.05, 0.1) is 0 Å². The highest BCUT2D eigenvalue weighted by Gasteiger charge is 2.18. The first-order valence-electron chi connectivity index (χ1n) is 6.84. The van der Waals surface area contributed by atoms with Gasteiger partial charge in [-0.1, -0.05) is 26.7 Å². The Balaban J connectivity index is 4.30. The minimum absolute atomic E-state index is 0.0819. The second-order valence-corrected chi connectivity index (χ2v) is 4.51. The van der Waals surface area contributed by atoms with Gasteiger partial charge in [-0.15, -0.1) is 0 Å². The van der Waals surface area contributed by atoms with Crippen LogP contribution in [0.3, 0.4) is 0 Å². The summed E-state index contributed by atoms with van der Waals surface area (Å²) in [6.45, 7) is 7.04. The third kappa shape index (κ3) is 7.34. The lowest BCUT2D eigenvalue weighted by molar-refractivity contribution is -0.121. The molecular formula is C13H29N3O. The second kappa shape index (κ2) is 10.5. The van der Waals surface area contributed by atoms with Crippen LogP contribution in [0.2, 0.25) is 0 Å². The van der Waals surface area contributed by atoms with E-state index in [0.717, 1.165) is 13.1 Å². The van der Waals surface area contributed by atoms with E-state index in [0.29, 0.717) is 13.0 Å². The third-order valence-electron chi connectivity index (χ3n) is 3.09. The van der Waals surface area contributed by atoms with Crippen LogP contribution in [-0.4, -0.2) is 43.5 Å². The van der Waals surface area contributed by atoms with Gasteiger partial charge in [0.25, 0.3) is 0 Å². The molecule has 0 aromatic heterocycles. The smallest absolute Gasteiger partial charge is 0.221 e. The minimum Gasteiger partial charge on any atom is -0.359 e. The molecule has 17 heavy (non-hydrogen) atoms. The quantitative estimate of drug-likeness (QED) is 0.609. The molecule has 0 saturated heterocycles. The van der Waals surface area contributed by atoms with E-state index in [1.807, 2.05) is 0 Å². The average Bonchev–Trinajstić information content (AvgIpc) is 2.36. The number of nitrogens with zero attached hydrogens (tertiary/aromatic N) is 1. The van der Waals surface area contributed by atoms with Crippen molar-refractivity contribution >= 4 is 5.91 Å². The fourth-order valence-electron chi connectivity index (χ4n) is 1.88. The number of unbranched alkanes of at least 4 members (excludes halogenated alkanes) is 2. The summed E-state index contributed by atoms with van der Waals surface area (Å²) in [5.74, 6) is 0.0819. The summed E-state index contributed by atoms with van der Waals surface area (Å²) >= 11 is 0. The number of carbonyl (C=O) groups excluding carboxylic acids is 1. The Bertz CT molecular complexity index is 189. The van der Waals surface area contributed by atoms with Crippen LogP contribution < -0.4 is 11.1 Å². The zero-order chi connectivity index (χ0) is 13.1. The van der Waals surface area contributed by atoms with Crippen molar-refractivity contribution in [2.24, 2.45) is 5.73 Å². The van der Waals surface area contributed by atoms with Gasteiger partial charge in [-0.25, -0.2) is 0 Å². The number of hydrogen-bond acceptors (Lipinski definition) is 3. The Kier molecular flexibility index (Phi) is 10.2. The molecule has 0 aliphatic carbocycles. The molecule has 102 valence electrons. The van der Waals surface area contributed by atoms with E-state index in [4.69, 9.17) is 5.73 Å². The number of amides is 1. The van der Waals surface area contributed by atoms with Crippen LogP contribution in [0.5, 0.6) is 0 Å². The molecule has 0 aliphatic rings. The lowest BCUT2D eigenvalue weighted by Crippen LogP contribution is -2.44. The van der Waals surface area contributed by atoms with Gasteiger partial charge in [-0.2, -0.15) is 0 Å². The summed E-state index contributed by atoms with van der Waals surface area (Å²) in [7, 11) is 1.68. The lowest BCUT2D eigenvalue weighted by atomic mass is 10.1. The van der Waals surface area contributed by atoms with Crippen molar-refractivity contribution in [3.63, 3.8) is 0 Å². The molecule has 0 radical (unpaired) electrons. The topological polar surface area (TPSA) is 58.4 Å². The molecule has 0 aromatic carbocycles. The SMILES string of the molecule is CCCCN(CCCC)C(CN)CC(=O)NC. The molecule has 0 saturated carbocycles. The number of rotatable bonds is 10. The van der Waals surface area contributed by atoms with Gasteiger partial charge in [-0.3, -0.25) is 9.69 Å². The molecule has 0 aliphatic heterocycles. The van der Waals surface area contributed by atoms with Crippen LogP contribution >= 0.6 is 0 Å². The summed E-state index contributed by atoms with van der Waals surface area (Å²) in [4.78, 5) is 13.8. The van der Waals surface area contributed by atoms with E-state index in [1.165, 1.54) is 25.7 Å². The highest BCUT2D eigenvalue weighted by Crippen LogP contribution is 2.07. The van der Waals surface area contributed by atoms with Crippen molar-refractivity contribution in [3.05, 3.63) is 0 Å². The standard InChI is InChI=1S/C13H29N3O/c1-4-6-8-16(9-7-5-2)12(11-14)10-13(17)15-3/h12H,4-11,14H2,1-3H3,(H,15,17). The van der Waals surface area contributed by atoms with Crippen LogP contribution in [0.15, 0.2) is 0 Å². The summed E-state index contributed by atoms with van der Waals surface area (Å²) in [6.07, 6.45) is 5.22. The molecule has 1 atom stereocenters. The van der Waals surface area contributed by atoms with Crippen molar-refractivity contribution in [2.45, 2.75) is 52.0 Å². The molecule has 0 rings (SSSR count). The maximum atomic E-state index is 11.4. The normalized spacial score (nSPS) is 12.8. The highest BCUT2D eigenvalue weighted by molar-refractivity contribution is 5.76. The van der Waals surface area contributed by atoms with Gasteiger partial charge in [-0.05, 0) is 25.9 Å². The highest BCUT2D eigenvalue weighted by atomic mass is 16.1. The first-order valence-corrected chi connectivity index (χ1v) is 6.84. The summed E-state index contributed by atoms with van der Waals surface area (Å²) < 4.78 is 0. The third-order valence-corrected chi connectivity index (χ3v) is 3.09. The van der Waals surface area contributed by atoms with Crippen LogP contribution in [0.4, 0.5) is 0 Å². The predicted octanol–water partition coefficient (Wildman–Crippen LogP) is 1.35. The van der Waals surface area contributed by atoms with Crippen LogP contribution in [0.1, 0.15) is 46.0 Å². The van der Waals surface area contributed by atoms with Crippen molar-refractivity contribution in [1.29, 1.82) is 0 Å². The summed E-state index contributed by atoms with van der Waals surface area (Å²) in [5.41, 5.74) is 5.80. The molecule has 4 heteroatoms. The van der Waals surface area contributed by atoms with Crippen molar-refractivity contribution in [3.8, 4) is 0 Å². The van der Waals surface area contributed by atoms with Gasteiger partial charge < -0.3 is 11.1 Å². The van der Waals surface area contributed by atoms with Crippen LogP contribution in [0, 0.1) is 0 Å². The molecular weight excluding hydrogens is 214 g/mol. The van der Waals surface area contributed by atoms with Gasteiger partial charge >= 0.3 is 0 Å². The first-order chi connectivity index (χ1) is 8.19. The molecule has 0 spiro atoms. The molecule has 4 nitrogen and oxygen atoms in total. The molecule has 1 unspecified atom stereocenters. The molecule has 0 aromatic rings. The Labute approximate surface area is 106 Å².